The molecule has 0 amide bonds. The predicted molar refractivity (Wildman–Crippen MR) is 69.6 cm³/mol. The molecule has 1 nitrogen and oxygen atoms in total. The fraction of sp³-hybridized carbons (Fsp3) is 0.467. The molecule has 1 aromatic carbocycles. The summed E-state index contributed by atoms with van der Waals surface area (Å²) >= 11 is 0. The summed E-state index contributed by atoms with van der Waals surface area (Å²) < 4.78 is 0. The number of likely N-dealkylation sites (N-methyl/N-ethyl adjacent to an activating group) is 1. The lowest BCUT2D eigenvalue weighted by molar-refractivity contribution is 0.421. The zero-order valence-electron chi connectivity index (χ0n) is 10.1. The molecule has 1 aromatic rings. The van der Waals surface area contributed by atoms with E-state index in [1.807, 2.05) is 6.08 Å². The summed E-state index contributed by atoms with van der Waals surface area (Å²) in [5.41, 5.74) is 1.90. The Balaban J connectivity index is 2.14. The number of rotatable bonds is 6. The van der Waals surface area contributed by atoms with Crippen LogP contribution in [0.5, 0.6) is 0 Å². The van der Waals surface area contributed by atoms with E-state index in [2.05, 4.69) is 49.3 Å². The zero-order valence-corrected chi connectivity index (χ0v) is 10.1. The highest BCUT2D eigenvalue weighted by atomic mass is 14.9. The Morgan fingerprint density at radius 1 is 1.38 bits per heavy atom. The number of allylic oxidation sites excluding steroid dienone is 1. The van der Waals surface area contributed by atoms with Crippen LogP contribution in [0, 0.1) is 0 Å². The molecule has 1 N–H and O–H groups in total. The van der Waals surface area contributed by atoms with E-state index in [0.717, 1.165) is 6.42 Å². The van der Waals surface area contributed by atoms with Crippen LogP contribution in [0.4, 0.5) is 0 Å². The lowest BCUT2D eigenvalue weighted by atomic mass is 9.85. The van der Waals surface area contributed by atoms with Gasteiger partial charge in [0.25, 0.3) is 0 Å². The first kappa shape index (κ1) is 11.4. The second kappa shape index (κ2) is 4.84. The maximum absolute atomic E-state index is 3.81. The van der Waals surface area contributed by atoms with Crippen LogP contribution in [0.1, 0.15) is 31.2 Å². The number of hydrogen-bond donors (Lipinski definition) is 1. The third-order valence-electron chi connectivity index (χ3n) is 3.81. The summed E-state index contributed by atoms with van der Waals surface area (Å²) in [6.07, 6.45) is 6.94. The Bertz CT molecular complexity index is 338. The van der Waals surface area contributed by atoms with Gasteiger partial charge in [0.15, 0.2) is 0 Å². The summed E-state index contributed by atoms with van der Waals surface area (Å²) in [5.74, 6) is 0. The predicted octanol–water partition coefficient (Wildman–Crippen LogP) is 3.27. The summed E-state index contributed by atoms with van der Waals surface area (Å²) in [4.78, 5) is 0. The van der Waals surface area contributed by atoms with Crippen molar-refractivity contribution in [3.05, 3.63) is 48.6 Å². The molecule has 16 heavy (non-hydrogen) atoms. The molecule has 1 aliphatic rings. The van der Waals surface area contributed by atoms with Gasteiger partial charge in [-0.1, -0.05) is 36.4 Å². The SMILES string of the molecule is C=CCCC(NC)C1(c2ccccc2)CC1. The summed E-state index contributed by atoms with van der Waals surface area (Å²) in [5, 5.41) is 3.49. The van der Waals surface area contributed by atoms with E-state index in [4.69, 9.17) is 0 Å². The lowest BCUT2D eigenvalue weighted by Gasteiger charge is -2.27. The van der Waals surface area contributed by atoms with E-state index in [0.29, 0.717) is 11.5 Å². The van der Waals surface area contributed by atoms with Gasteiger partial charge >= 0.3 is 0 Å². The molecule has 1 saturated carbocycles. The average Bonchev–Trinajstić information content (AvgIpc) is 3.13. The molecule has 1 aliphatic carbocycles. The second-order valence-electron chi connectivity index (χ2n) is 4.73. The van der Waals surface area contributed by atoms with Crippen LogP contribution in [0.2, 0.25) is 0 Å². The second-order valence-corrected chi connectivity index (χ2v) is 4.73. The van der Waals surface area contributed by atoms with Gasteiger partial charge in [-0.15, -0.1) is 6.58 Å². The first-order valence-corrected chi connectivity index (χ1v) is 6.17. The van der Waals surface area contributed by atoms with Gasteiger partial charge in [0.05, 0.1) is 0 Å². The summed E-state index contributed by atoms with van der Waals surface area (Å²) in [6.45, 7) is 3.81. The normalized spacial score (nSPS) is 19.1. The molecule has 0 bridgehead atoms. The van der Waals surface area contributed by atoms with Crippen molar-refractivity contribution in [2.24, 2.45) is 0 Å². The molecule has 86 valence electrons. The van der Waals surface area contributed by atoms with Crippen LogP contribution in [-0.4, -0.2) is 13.1 Å². The van der Waals surface area contributed by atoms with Crippen LogP contribution in [0.15, 0.2) is 43.0 Å². The van der Waals surface area contributed by atoms with E-state index in [-0.39, 0.29) is 0 Å². The lowest BCUT2D eigenvalue weighted by Crippen LogP contribution is -2.37. The number of nitrogens with one attached hydrogen (secondary N) is 1. The van der Waals surface area contributed by atoms with E-state index in [9.17, 15) is 0 Å². The van der Waals surface area contributed by atoms with Crippen molar-refractivity contribution >= 4 is 0 Å². The molecular weight excluding hydrogens is 194 g/mol. The van der Waals surface area contributed by atoms with Gasteiger partial charge in [-0.3, -0.25) is 0 Å². The Kier molecular flexibility index (Phi) is 3.45. The summed E-state index contributed by atoms with van der Waals surface area (Å²) in [6, 6.07) is 11.5. The van der Waals surface area contributed by atoms with Crippen molar-refractivity contribution in [2.45, 2.75) is 37.1 Å². The molecular formula is C15H21N. The minimum Gasteiger partial charge on any atom is -0.316 e. The number of benzene rings is 1. The van der Waals surface area contributed by atoms with Crippen molar-refractivity contribution in [3.63, 3.8) is 0 Å². The monoisotopic (exact) mass is 215 g/mol. The van der Waals surface area contributed by atoms with Crippen molar-refractivity contribution in [1.29, 1.82) is 0 Å². The minimum atomic E-state index is 0.402. The Labute approximate surface area is 98.6 Å². The van der Waals surface area contributed by atoms with Crippen molar-refractivity contribution in [2.75, 3.05) is 7.05 Å². The molecule has 1 heteroatoms. The third kappa shape index (κ3) is 2.05. The van der Waals surface area contributed by atoms with E-state index >= 15 is 0 Å². The topological polar surface area (TPSA) is 12.0 Å². The van der Waals surface area contributed by atoms with Gasteiger partial charge in [0.1, 0.15) is 0 Å². The van der Waals surface area contributed by atoms with Crippen molar-refractivity contribution < 1.29 is 0 Å². The van der Waals surface area contributed by atoms with Gasteiger partial charge in [-0.05, 0) is 38.3 Å². The van der Waals surface area contributed by atoms with Gasteiger partial charge < -0.3 is 5.32 Å². The highest BCUT2D eigenvalue weighted by Gasteiger charge is 2.49. The molecule has 1 unspecified atom stereocenters. The fourth-order valence-corrected chi connectivity index (χ4v) is 2.72. The Hall–Kier alpha value is -1.08. The van der Waals surface area contributed by atoms with Crippen molar-refractivity contribution in [3.8, 4) is 0 Å². The Morgan fingerprint density at radius 2 is 2.06 bits per heavy atom. The van der Waals surface area contributed by atoms with Gasteiger partial charge in [0, 0.05) is 11.5 Å². The van der Waals surface area contributed by atoms with Crippen molar-refractivity contribution in [1.82, 2.24) is 5.32 Å². The first-order chi connectivity index (χ1) is 7.83. The molecule has 2 rings (SSSR count). The minimum absolute atomic E-state index is 0.402. The van der Waals surface area contributed by atoms with E-state index in [1.54, 1.807) is 0 Å². The van der Waals surface area contributed by atoms with Gasteiger partial charge in [-0.25, -0.2) is 0 Å². The Morgan fingerprint density at radius 3 is 2.56 bits per heavy atom. The first-order valence-electron chi connectivity index (χ1n) is 6.17. The molecule has 0 radical (unpaired) electrons. The maximum Gasteiger partial charge on any atom is 0.0164 e. The zero-order chi connectivity index (χ0) is 11.4. The fourth-order valence-electron chi connectivity index (χ4n) is 2.72. The van der Waals surface area contributed by atoms with Crippen LogP contribution in [0.3, 0.4) is 0 Å². The molecule has 0 aliphatic heterocycles. The van der Waals surface area contributed by atoms with Crippen LogP contribution in [-0.2, 0) is 5.41 Å². The largest absolute Gasteiger partial charge is 0.316 e. The molecule has 1 fully saturated rings. The van der Waals surface area contributed by atoms with Gasteiger partial charge in [-0.2, -0.15) is 0 Å². The molecule has 0 saturated heterocycles. The molecule has 1 atom stereocenters. The van der Waals surface area contributed by atoms with E-state index in [1.165, 1.54) is 24.8 Å². The molecule has 0 aromatic heterocycles. The third-order valence-corrected chi connectivity index (χ3v) is 3.81. The number of hydrogen-bond acceptors (Lipinski definition) is 1. The quantitative estimate of drug-likeness (QED) is 0.718. The smallest absolute Gasteiger partial charge is 0.0164 e. The standard InChI is InChI=1S/C15H21N/c1-3-4-10-14(16-2)15(11-12-15)13-8-6-5-7-9-13/h3,5-9,14,16H,1,4,10-12H2,2H3. The van der Waals surface area contributed by atoms with Crippen LogP contribution in [0.25, 0.3) is 0 Å². The highest BCUT2D eigenvalue weighted by molar-refractivity contribution is 5.33. The summed E-state index contributed by atoms with van der Waals surface area (Å²) in [7, 11) is 2.08. The van der Waals surface area contributed by atoms with Gasteiger partial charge in [0.2, 0.25) is 0 Å². The van der Waals surface area contributed by atoms with Crippen LogP contribution < -0.4 is 5.32 Å². The maximum atomic E-state index is 3.81. The van der Waals surface area contributed by atoms with Crippen LogP contribution >= 0.6 is 0 Å². The average molecular weight is 215 g/mol. The molecule has 0 heterocycles. The highest BCUT2D eigenvalue weighted by Crippen LogP contribution is 2.51. The van der Waals surface area contributed by atoms with E-state index < -0.39 is 0 Å². The molecule has 0 spiro atoms.